The number of anilines is 1. The van der Waals surface area contributed by atoms with Crippen LogP contribution in [0.4, 0.5) is 5.69 Å². The van der Waals surface area contributed by atoms with Gasteiger partial charge in [0.15, 0.2) is 0 Å². The maximum atomic E-state index is 14.3. The number of nitrogens with zero attached hydrogens (tertiary/aromatic N) is 1. The van der Waals surface area contributed by atoms with Crippen LogP contribution in [0.3, 0.4) is 0 Å². The van der Waals surface area contributed by atoms with Gasteiger partial charge >= 0.3 is 11.9 Å². The molecule has 0 saturated heterocycles. The monoisotopic (exact) mass is 718 g/mol. The summed E-state index contributed by atoms with van der Waals surface area (Å²) >= 11 is 0. The van der Waals surface area contributed by atoms with Gasteiger partial charge in [-0.1, -0.05) is 43.7 Å². The Bertz CT molecular complexity index is 2000. The zero-order valence-electron chi connectivity index (χ0n) is 29.9. The molecule has 3 amide bonds. The van der Waals surface area contributed by atoms with Gasteiger partial charge in [-0.3, -0.25) is 14.4 Å². The second-order valence-electron chi connectivity index (χ2n) is 15.5. The first kappa shape index (κ1) is 35.9. The van der Waals surface area contributed by atoms with Crippen LogP contribution in [0.2, 0.25) is 0 Å². The molecule has 11 nitrogen and oxygen atoms in total. The van der Waals surface area contributed by atoms with E-state index in [0.29, 0.717) is 6.54 Å². The highest BCUT2D eigenvalue weighted by molar-refractivity contribution is 6.11. The first-order chi connectivity index (χ1) is 25.5. The molecule has 4 fully saturated rings. The molecular formula is C42H46N4O7. The van der Waals surface area contributed by atoms with Crippen LogP contribution in [-0.2, 0) is 17.8 Å². The molecule has 0 radical (unpaired) electrons. The number of hydrogen-bond donors (Lipinski definition) is 5. The fraction of sp³-hybridized carbons (Fsp3) is 0.405. The third-order valence-corrected chi connectivity index (χ3v) is 11.5. The summed E-state index contributed by atoms with van der Waals surface area (Å²) in [5.74, 6) is -2.15. The number of benzene rings is 3. The minimum atomic E-state index is -1.36. The highest BCUT2D eigenvalue weighted by Gasteiger charge is 2.50. The standard InChI is InChI=1S/C42H46N4O7/c1-2-3-10-46-11-9-29-19-33(34(20-36(29)46)37(47)43-24-42-21-26-12-27(22-42)14-28(13-26)23-42)38(48)45-35(15-25-7-5-4-6-8-25)39(49)44-32-17-30(40(50)51)16-31(18-32)41(52)53/h4-9,11,16-20,26-28,35H,2-3,10,12-15,21-24H2,1H3,(H,43,47)(H,44,49)(H,45,48)(H,50,51)(H,52,53)/t26?,27?,28?,35-,42?/m0/s1. The number of nitrogens with one attached hydrogen (secondary N) is 3. The van der Waals surface area contributed by atoms with Crippen molar-refractivity contribution in [2.24, 2.45) is 23.2 Å². The smallest absolute Gasteiger partial charge is 0.335 e. The number of aromatic nitrogens is 1. The number of amides is 3. The maximum absolute atomic E-state index is 14.3. The molecule has 1 heterocycles. The van der Waals surface area contributed by atoms with E-state index in [2.05, 4.69) is 27.4 Å². The SMILES string of the molecule is CCCCn1ccc2cc(C(=O)N[C@@H](Cc3ccccc3)C(=O)Nc3cc(C(=O)O)cc(C(=O)O)c3)c(C(=O)NCC34CC5CC(CC(C5)C3)C4)cc21. The summed E-state index contributed by atoms with van der Waals surface area (Å²) < 4.78 is 2.10. The van der Waals surface area contributed by atoms with Gasteiger partial charge in [0.25, 0.3) is 11.8 Å². The normalized spacial score (nSPS) is 21.9. The van der Waals surface area contributed by atoms with Crippen LogP contribution in [0.1, 0.15) is 105 Å². The number of carbonyl (C=O) groups is 5. The minimum absolute atomic E-state index is 0.0424. The molecule has 5 N–H and O–H groups in total. The average molecular weight is 719 g/mol. The Morgan fingerprint density at radius 1 is 0.811 bits per heavy atom. The Balaban J connectivity index is 1.19. The third kappa shape index (κ3) is 7.84. The summed E-state index contributed by atoms with van der Waals surface area (Å²) in [5, 5.41) is 28.6. The van der Waals surface area contributed by atoms with Gasteiger partial charge in [-0.05, 0) is 110 Å². The Kier molecular flexibility index (Phi) is 10.1. The van der Waals surface area contributed by atoms with Gasteiger partial charge in [-0.25, -0.2) is 9.59 Å². The number of aromatic carboxylic acids is 2. The number of fused-ring (bicyclic) bond motifs is 1. The molecule has 8 rings (SSSR count). The molecule has 1 aromatic heterocycles. The van der Waals surface area contributed by atoms with E-state index in [9.17, 15) is 34.2 Å². The lowest BCUT2D eigenvalue weighted by Crippen LogP contribution is -2.51. The van der Waals surface area contributed by atoms with Crippen molar-refractivity contribution in [3.05, 3.63) is 101 Å². The fourth-order valence-corrected chi connectivity index (χ4v) is 9.48. The van der Waals surface area contributed by atoms with Crippen molar-refractivity contribution in [3.63, 3.8) is 0 Å². The van der Waals surface area contributed by atoms with Crippen LogP contribution in [0.15, 0.2) is 72.9 Å². The summed E-state index contributed by atoms with van der Waals surface area (Å²) in [6, 6.07) is 16.7. The van der Waals surface area contributed by atoms with Gasteiger partial charge in [0.2, 0.25) is 5.91 Å². The Hall–Kier alpha value is -5.45. The number of carboxylic acids is 2. The lowest BCUT2D eigenvalue weighted by molar-refractivity contribution is -0.118. The summed E-state index contributed by atoms with van der Waals surface area (Å²) in [4.78, 5) is 65.9. The van der Waals surface area contributed by atoms with E-state index >= 15 is 0 Å². The number of aryl methyl sites for hydroxylation is 1. The second kappa shape index (κ2) is 14.9. The van der Waals surface area contributed by atoms with Crippen LogP contribution >= 0.6 is 0 Å². The fourth-order valence-electron chi connectivity index (χ4n) is 9.48. The zero-order chi connectivity index (χ0) is 37.3. The van der Waals surface area contributed by atoms with Crippen LogP contribution in [0, 0.1) is 23.2 Å². The van der Waals surface area contributed by atoms with E-state index in [1.165, 1.54) is 19.3 Å². The molecule has 0 unspecified atom stereocenters. The van der Waals surface area contributed by atoms with Crippen molar-refractivity contribution in [1.82, 2.24) is 15.2 Å². The summed E-state index contributed by atoms with van der Waals surface area (Å²) in [7, 11) is 0. The predicted molar refractivity (Wildman–Crippen MR) is 200 cm³/mol. The molecule has 4 bridgehead atoms. The van der Waals surface area contributed by atoms with Gasteiger partial charge in [0.05, 0.1) is 22.3 Å². The van der Waals surface area contributed by atoms with E-state index in [1.54, 1.807) is 12.1 Å². The first-order valence-corrected chi connectivity index (χ1v) is 18.7. The second-order valence-corrected chi connectivity index (χ2v) is 15.5. The van der Waals surface area contributed by atoms with Gasteiger partial charge in [-0.2, -0.15) is 0 Å². The number of carbonyl (C=O) groups excluding carboxylic acids is 3. The molecular weight excluding hydrogens is 672 g/mol. The van der Waals surface area contributed by atoms with Crippen molar-refractivity contribution in [1.29, 1.82) is 0 Å². The summed E-state index contributed by atoms with van der Waals surface area (Å²) in [6.45, 7) is 3.46. The van der Waals surface area contributed by atoms with E-state index in [1.807, 2.05) is 42.6 Å². The molecule has 0 spiro atoms. The van der Waals surface area contributed by atoms with E-state index < -0.39 is 29.8 Å². The number of unbranched alkanes of at least 4 members (excludes halogenated alkanes) is 1. The molecule has 276 valence electrons. The number of carboxylic acid groups (broad SMARTS) is 2. The molecule has 3 aromatic carbocycles. The minimum Gasteiger partial charge on any atom is -0.478 e. The number of hydrogen-bond acceptors (Lipinski definition) is 5. The third-order valence-electron chi connectivity index (χ3n) is 11.5. The summed E-state index contributed by atoms with van der Waals surface area (Å²) in [5.41, 5.74) is 1.39. The van der Waals surface area contributed by atoms with Crippen LogP contribution in [0.25, 0.3) is 10.9 Å². The highest BCUT2D eigenvalue weighted by Crippen LogP contribution is 2.59. The molecule has 4 saturated carbocycles. The Labute approximate surface area is 308 Å². The van der Waals surface area contributed by atoms with Crippen molar-refractivity contribution < 1.29 is 34.2 Å². The van der Waals surface area contributed by atoms with E-state index in [-0.39, 0.29) is 45.7 Å². The molecule has 0 aliphatic heterocycles. The molecule has 53 heavy (non-hydrogen) atoms. The van der Waals surface area contributed by atoms with Gasteiger partial charge in [-0.15, -0.1) is 0 Å². The van der Waals surface area contributed by atoms with Gasteiger partial charge in [0, 0.05) is 42.3 Å². The molecule has 4 aliphatic carbocycles. The van der Waals surface area contributed by atoms with Crippen molar-refractivity contribution in [2.45, 2.75) is 77.3 Å². The molecule has 4 aliphatic rings. The lowest BCUT2D eigenvalue weighted by atomic mass is 9.49. The van der Waals surface area contributed by atoms with Gasteiger partial charge < -0.3 is 30.7 Å². The quantitative estimate of drug-likeness (QED) is 0.0960. The number of rotatable bonds is 14. The topological polar surface area (TPSA) is 167 Å². The largest absolute Gasteiger partial charge is 0.478 e. The molecule has 1 atom stereocenters. The van der Waals surface area contributed by atoms with Crippen molar-refractivity contribution in [2.75, 3.05) is 11.9 Å². The van der Waals surface area contributed by atoms with Crippen LogP contribution in [-0.4, -0.2) is 57.0 Å². The Morgan fingerprint density at radius 2 is 1.43 bits per heavy atom. The average Bonchev–Trinajstić information content (AvgIpc) is 3.53. The predicted octanol–water partition coefficient (Wildman–Crippen LogP) is 6.76. The maximum Gasteiger partial charge on any atom is 0.335 e. The van der Waals surface area contributed by atoms with E-state index in [4.69, 9.17) is 0 Å². The lowest BCUT2D eigenvalue weighted by Gasteiger charge is -2.56. The highest BCUT2D eigenvalue weighted by atomic mass is 16.4. The van der Waals surface area contributed by atoms with Crippen LogP contribution in [0.5, 0.6) is 0 Å². The van der Waals surface area contributed by atoms with Crippen molar-refractivity contribution in [3.8, 4) is 0 Å². The van der Waals surface area contributed by atoms with Crippen molar-refractivity contribution >= 4 is 46.3 Å². The first-order valence-electron chi connectivity index (χ1n) is 18.7. The van der Waals surface area contributed by atoms with E-state index in [0.717, 1.165) is 91.1 Å². The Morgan fingerprint density at radius 3 is 2.04 bits per heavy atom. The summed E-state index contributed by atoms with van der Waals surface area (Å²) in [6.07, 6.45) is 11.3. The molecule has 4 aromatic rings. The van der Waals surface area contributed by atoms with Crippen LogP contribution < -0.4 is 16.0 Å². The van der Waals surface area contributed by atoms with Gasteiger partial charge in [0.1, 0.15) is 6.04 Å². The molecule has 11 heteroatoms. The zero-order valence-corrected chi connectivity index (χ0v) is 29.9.